The Balaban J connectivity index is 2.78. The molecule has 0 aromatic carbocycles. The van der Waals surface area contributed by atoms with E-state index in [4.69, 9.17) is 5.73 Å². The number of rotatable bonds is 4. The molecule has 0 radical (unpaired) electrons. The van der Waals surface area contributed by atoms with Crippen LogP contribution in [0.1, 0.15) is 24.3 Å². The topological polar surface area (TPSA) is 84.1 Å². The Bertz CT molecular complexity index is 385. The first-order chi connectivity index (χ1) is 7.85. The molecule has 0 fully saturated rings. The molecule has 1 aromatic rings. The van der Waals surface area contributed by atoms with Gasteiger partial charge in [-0.3, -0.25) is 4.79 Å². The average molecular weight is 237 g/mol. The third kappa shape index (κ3) is 3.67. The van der Waals surface area contributed by atoms with Gasteiger partial charge in [0.15, 0.2) is 5.69 Å². The smallest absolute Gasteiger partial charge is 0.273 e. The largest absolute Gasteiger partial charge is 0.362 e. The van der Waals surface area contributed by atoms with Gasteiger partial charge in [-0.2, -0.15) is 0 Å². The minimum absolute atomic E-state index is 0.165. The van der Waals surface area contributed by atoms with Gasteiger partial charge in [-0.1, -0.05) is 0 Å². The van der Waals surface area contributed by atoms with Crippen molar-refractivity contribution < 1.29 is 4.79 Å². The Morgan fingerprint density at radius 2 is 2.06 bits per heavy atom. The Hall–Kier alpha value is -1.69. The van der Waals surface area contributed by atoms with E-state index in [2.05, 4.69) is 15.5 Å². The first-order valence-corrected chi connectivity index (χ1v) is 5.39. The van der Waals surface area contributed by atoms with Gasteiger partial charge in [-0.25, -0.2) is 0 Å². The molecule has 6 nitrogen and oxygen atoms in total. The second-order valence-corrected chi connectivity index (χ2v) is 4.72. The molecule has 0 atom stereocenters. The highest BCUT2D eigenvalue weighted by Crippen LogP contribution is 2.10. The van der Waals surface area contributed by atoms with Gasteiger partial charge >= 0.3 is 0 Å². The molecule has 0 bridgehead atoms. The van der Waals surface area contributed by atoms with E-state index >= 15 is 0 Å². The molecule has 6 heteroatoms. The summed E-state index contributed by atoms with van der Waals surface area (Å²) in [6.45, 7) is 4.41. The van der Waals surface area contributed by atoms with Gasteiger partial charge in [0.25, 0.3) is 5.91 Å². The first kappa shape index (κ1) is 13.4. The number of carbonyl (C=O) groups is 1. The molecule has 3 N–H and O–H groups in total. The number of hydrogen-bond donors (Lipinski definition) is 2. The summed E-state index contributed by atoms with van der Waals surface area (Å²) in [6, 6.07) is 3.37. The lowest BCUT2D eigenvalue weighted by Crippen LogP contribution is -2.39. The van der Waals surface area contributed by atoms with Crippen molar-refractivity contribution in [3.05, 3.63) is 17.8 Å². The van der Waals surface area contributed by atoms with Crippen molar-refractivity contribution in [2.75, 3.05) is 26.0 Å². The molecule has 0 saturated heterocycles. The Kier molecular flexibility index (Phi) is 4.01. The zero-order valence-electron chi connectivity index (χ0n) is 10.7. The molecule has 0 aliphatic heterocycles. The highest BCUT2D eigenvalue weighted by atomic mass is 16.2. The third-order valence-corrected chi connectivity index (χ3v) is 2.27. The van der Waals surface area contributed by atoms with Gasteiger partial charge in [-0.05, 0) is 26.0 Å². The summed E-state index contributed by atoms with van der Waals surface area (Å²) in [6.07, 6.45) is 0. The molecule has 0 aliphatic carbocycles. The highest BCUT2D eigenvalue weighted by molar-refractivity contribution is 5.91. The van der Waals surface area contributed by atoms with E-state index in [-0.39, 0.29) is 11.4 Å². The van der Waals surface area contributed by atoms with Crippen LogP contribution in [0.2, 0.25) is 0 Å². The van der Waals surface area contributed by atoms with Crippen LogP contribution in [0.3, 0.4) is 0 Å². The second kappa shape index (κ2) is 5.09. The van der Waals surface area contributed by atoms with Gasteiger partial charge in [0.1, 0.15) is 5.82 Å². The molecule has 1 amide bonds. The summed E-state index contributed by atoms with van der Waals surface area (Å²) < 4.78 is 0. The molecule has 94 valence electrons. The minimum atomic E-state index is -0.248. The molecular weight excluding hydrogens is 218 g/mol. The van der Waals surface area contributed by atoms with E-state index < -0.39 is 0 Å². The molecule has 17 heavy (non-hydrogen) atoms. The fourth-order valence-electron chi connectivity index (χ4n) is 1.14. The monoisotopic (exact) mass is 237 g/mol. The third-order valence-electron chi connectivity index (χ3n) is 2.27. The van der Waals surface area contributed by atoms with Crippen LogP contribution in [-0.2, 0) is 0 Å². The van der Waals surface area contributed by atoms with Crippen LogP contribution in [0.25, 0.3) is 0 Å². The molecule has 0 saturated carbocycles. The summed E-state index contributed by atoms with van der Waals surface area (Å²) in [4.78, 5) is 13.0. The summed E-state index contributed by atoms with van der Waals surface area (Å²) >= 11 is 0. The lowest BCUT2D eigenvalue weighted by atomic mass is 10.1. The fourth-order valence-corrected chi connectivity index (χ4v) is 1.14. The molecular formula is C11H19N5O. The maximum atomic E-state index is 11.6. The SMILES string of the molecule is CN(C)C(=O)c1ccc(NC(C)(C)CN)nn1. The summed E-state index contributed by atoms with van der Waals surface area (Å²) in [5.74, 6) is 0.442. The minimum Gasteiger partial charge on any atom is -0.362 e. The van der Waals surface area contributed by atoms with E-state index in [1.807, 2.05) is 13.8 Å². The maximum absolute atomic E-state index is 11.6. The number of nitrogens with one attached hydrogen (secondary N) is 1. The van der Waals surface area contributed by atoms with E-state index in [0.29, 0.717) is 18.1 Å². The Labute approximate surface area is 101 Å². The van der Waals surface area contributed by atoms with Crippen molar-refractivity contribution in [3.63, 3.8) is 0 Å². The van der Waals surface area contributed by atoms with Gasteiger partial charge in [0.2, 0.25) is 0 Å². The first-order valence-electron chi connectivity index (χ1n) is 5.39. The van der Waals surface area contributed by atoms with E-state index in [0.717, 1.165) is 0 Å². The lowest BCUT2D eigenvalue weighted by Gasteiger charge is -2.24. The van der Waals surface area contributed by atoms with Crippen LogP contribution in [-0.4, -0.2) is 47.2 Å². The van der Waals surface area contributed by atoms with E-state index in [1.54, 1.807) is 26.2 Å². The molecule has 0 aliphatic rings. The van der Waals surface area contributed by atoms with Gasteiger partial charge in [0.05, 0.1) is 0 Å². The van der Waals surface area contributed by atoms with Crippen molar-refractivity contribution in [2.45, 2.75) is 19.4 Å². The average Bonchev–Trinajstić information content (AvgIpc) is 2.28. The molecule has 1 aromatic heterocycles. The van der Waals surface area contributed by atoms with Crippen LogP contribution in [0.15, 0.2) is 12.1 Å². The van der Waals surface area contributed by atoms with E-state index in [1.165, 1.54) is 4.90 Å². The summed E-state index contributed by atoms with van der Waals surface area (Å²) in [5, 5.41) is 11.0. The fraction of sp³-hybridized carbons (Fsp3) is 0.545. The number of hydrogen-bond acceptors (Lipinski definition) is 5. The predicted octanol–water partition coefficient (Wildman–Crippen LogP) is 0.328. The second-order valence-electron chi connectivity index (χ2n) is 4.72. The van der Waals surface area contributed by atoms with Crippen molar-refractivity contribution in [2.24, 2.45) is 5.73 Å². The zero-order valence-corrected chi connectivity index (χ0v) is 10.7. The maximum Gasteiger partial charge on any atom is 0.273 e. The number of carbonyl (C=O) groups excluding carboxylic acids is 1. The molecule has 0 unspecified atom stereocenters. The van der Waals surface area contributed by atoms with Crippen molar-refractivity contribution >= 4 is 11.7 Å². The number of amides is 1. The van der Waals surface area contributed by atoms with Crippen LogP contribution in [0.5, 0.6) is 0 Å². The quantitative estimate of drug-likeness (QED) is 0.788. The van der Waals surface area contributed by atoms with Crippen LogP contribution in [0, 0.1) is 0 Å². The predicted molar refractivity (Wildman–Crippen MR) is 66.8 cm³/mol. The Morgan fingerprint density at radius 1 is 1.41 bits per heavy atom. The van der Waals surface area contributed by atoms with Crippen LogP contribution < -0.4 is 11.1 Å². The Morgan fingerprint density at radius 3 is 2.47 bits per heavy atom. The van der Waals surface area contributed by atoms with Crippen molar-refractivity contribution in [1.82, 2.24) is 15.1 Å². The lowest BCUT2D eigenvalue weighted by molar-refractivity contribution is 0.0821. The number of nitrogens with two attached hydrogens (primary N) is 1. The standard InChI is InChI=1S/C11H19N5O/c1-11(2,7-12)13-9-6-5-8(14-15-9)10(17)16(3)4/h5-6H,7,12H2,1-4H3,(H,13,15). The van der Waals surface area contributed by atoms with E-state index in [9.17, 15) is 4.79 Å². The van der Waals surface area contributed by atoms with Crippen LogP contribution in [0.4, 0.5) is 5.82 Å². The summed E-state index contributed by atoms with van der Waals surface area (Å²) in [7, 11) is 3.35. The highest BCUT2D eigenvalue weighted by Gasteiger charge is 2.16. The number of aromatic nitrogens is 2. The molecule has 1 rings (SSSR count). The van der Waals surface area contributed by atoms with Crippen molar-refractivity contribution in [3.8, 4) is 0 Å². The number of nitrogens with zero attached hydrogens (tertiary/aromatic N) is 3. The zero-order chi connectivity index (χ0) is 13.1. The van der Waals surface area contributed by atoms with Crippen molar-refractivity contribution in [1.29, 1.82) is 0 Å². The van der Waals surface area contributed by atoms with Gasteiger partial charge in [0, 0.05) is 26.2 Å². The molecule has 0 spiro atoms. The number of anilines is 1. The van der Waals surface area contributed by atoms with Crippen LogP contribution >= 0.6 is 0 Å². The van der Waals surface area contributed by atoms with Gasteiger partial charge in [-0.15, -0.1) is 10.2 Å². The summed E-state index contributed by atoms with van der Waals surface area (Å²) in [5.41, 5.74) is 5.68. The normalized spacial score (nSPS) is 11.1. The molecule has 1 heterocycles. The van der Waals surface area contributed by atoms with Gasteiger partial charge < -0.3 is 16.0 Å².